The SMILES string of the molecule is Cn1ccc2cc(F)c(C3(C(=O)O)CCCCC3)cc21. The molecule has 106 valence electrons. The fraction of sp³-hybridized carbons (Fsp3) is 0.438. The average molecular weight is 275 g/mol. The summed E-state index contributed by atoms with van der Waals surface area (Å²) in [6.07, 6.45) is 5.63. The highest BCUT2D eigenvalue weighted by Crippen LogP contribution is 2.42. The summed E-state index contributed by atoms with van der Waals surface area (Å²) in [5.41, 5.74) is 0.174. The molecule has 0 aliphatic heterocycles. The topological polar surface area (TPSA) is 42.2 Å². The minimum Gasteiger partial charge on any atom is -0.481 e. The van der Waals surface area contributed by atoms with Crippen LogP contribution in [-0.4, -0.2) is 15.6 Å². The number of aromatic nitrogens is 1. The number of fused-ring (bicyclic) bond motifs is 1. The molecule has 0 radical (unpaired) electrons. The number of aliphatic carboxylic acids is 1. The maximum absolute atomic E-state index is 14.4. The number of halogens is 1. The van der Waals surface area contributed by atoms with Crippen molar-refractivity contribution in [2.45, 2.75) is 37.5 Å². The quantitative estimate of drug-likeness (QED) is 0.909. The summed E-state index contributed by atoms with van der Waals surface area (Å²) in [6.45, 7) is 0. The van der Waals surface area contributed by atoms with E-state index >= 15 is 0 Å². The van der Waals surface area contributed by atoms with Crippen LogP contribution in [0.5, 0.6) is 0 Å². The second kappa shape index (κ2) is 4.62. The molecule has 1 heterocycles. The number of rotatable bonds is 2. The predicted molar refractivity (Wildman–Crippen MR) is 75.3 cm³/mol. The summed E-state index contributed by atoms with van der Waals surface area (Å²) >= 11 is 0. The van der Waals surface area contributed by atoms with Gasteiger partial charge >= 0.3 is 5.97 Å². The van der Waals surface area contributed by atoms with Gasteiger partial charge in [0.15, 0.2) is 0 Å². The zero-order chi connectivity index (χ0) is 14.3. The van der Waals surface area contributed by atoms with E-state index in [0.29, 0.717) is 18.4 Å². The van der Waals surface area contributed by atoms with Crippen LogP contribution in [0.1, 0.15) is 37.7 Å². The Morgan fingerprint density at radius 1 is 1.30 bits per heavy atom. The van der Waals surface area contributed by atoms with Gasteiger partial charge in [-0.3, -0.25) is 4.79 Å². The van der Waals surface area contributed by atoms with Crippen LogP contribution >= 0.6 is 0 Å². The third kappa shape index (κ3) is 1.82. The van der Waals surface area contributed by atoms with E-state index in [1.165, 1.54) is 6.07 Å². The number of aryl methyl sites for hydroxylation is 1. The highest BCUT2D eigenvalue weighted by atomic mass is 19.1. The van der Waals surface area contributed by atoms with Crippen molar-refractivity contribution < 1.29 is 14.3 Å². The number of carbonyl (C=O) groups is 1. The van der Waals surface area contributed by atoms with E-state index in [1.807, 2.05) is 23.9 Å². The molecule has 3 nitrogen and oxygen atoms in total. The number of carboxylic acids is 1. The summed E-state index contributed by atoms with van der Waals surface area (Å²) in [7, 11) is 1.89. The fourth-order valence-electron chi connectivity index (χ4n) is 3.41. The van der Waals surface area contributed by atoms with E-state index in [1.54, 1.807) is 6.07 Å². The fourth-order valence-corrected chi connectivity index (χ4v) is 3.41. The molecule has 3 rings (SSSR count). The van der Waals surface area contributed by atoms with Crippen LogP contribution in [0.15, 0.2) is 24.4 Å². The standard InChI is InChI=1S/C16H18FNO2/c1-18-8-5-11-9-13(17)12(10-14(11)18)16(15(19)20)6-3-2-4-7-16/h5,8-10H,2-4,6-7H2,1H3,(H,19,20). The van der Waals surface area contributed by atoms with Crippen LogP contribution < -0.4 is 0 Å². The lowest BCUT2D eigenvalue weighted by molar-refractivity contribution is -0.145. The van der Waals surface area contributed by atoms with E-state index in [4.69, 9.17) is 0 Å². The molecule has 20 heavy (non-hydrogen) atoms. The van der Waals surface area contributed by atoms with E-state index in [9.17, 15) is 14.3 Å². The molecule has 1 aromatic carbocycles. The van der Waals surface area contributed by atoms with Gasteiger partial charge in [-0.2, -0.15) is 0 Å². The molecular formula is C16H18FNO2. The molecule has 0 amide bonds. The van der Waals surface area contributed by atoms with Crippen LogP contribution in [0.2, 0.25) is 0 Å². The summed E-state index contributed by atoms with van der Waals surface area (Å²) in [6, 6.07) is 5.03. The van der Waals surface area contributed by atoms with Crippen LogP contribution in [0.25, 0.3) is 10.9 Å². The number of benzene rings is 1. The maximum atomic E-state index is 14.4. The van der Waals surface area contributed by atoms with Crippen molar-refractivity contribution in [1.29, 1.82) is 0 Å². The average Bonchev–Trinajstić information content (AvgIpc) is 2.79. The smallest absolute Gasteiger partial charge is 0.314 e. The Bertz CT molecular complexity index is 668. The predicted octanol–water partition coefficient (Wildman–Crippen LogP) is 3.60. The zero-order valence-corrected chi connectivity index (χ0v) is 11.5. The van der Waals surface area contributed by atoms with Crippen molar-refractivity contribution in [1.82, 2.24) is 4.57 Å². The van der Waals surface area contributed by atoms with Gasteiger partial charge in [0.1, 0.15) is 5.82 Å². The molecule has 0 unspecified atom stereocenters. The second-order valence-corrected chi connectivity index (χ2v) is 5.77. The first-order valence-electron chi connectivity index (χ1n) is 7.03. The van der Waals surface area contributed by atoms with Crippen LogP contribution in [0.4, 0.5) is 4.39 Å². The largest absolute Gasteiger partial charge is 0.481 e. The van der Waals surface area contributed by atoms with Gasteiger partial charge in [-0.1, -0.05) is 19.3 Å². The van der Waals surface area contributed by atoms with Crippen LogP contribution in [0, 0.1) is 5.82 Å². The molecular weight excluding hydrogens is 257 g/mol. The van der Waals surface area contributed by atoms with Crippen molar-refractivity contribution >= 4 is 16.9 Å². The van der Waals surface area contributed by atoms with Gasteiger partial charge < -0.3 is 9.67 Å². The number of carboxylic acid groups (broad SMARTS) is 1. The summed E-state index contributed by atoms with van der Waals surface area (Å²) in [5.74, 6) is -1.29. The Kier molecular flexibility index (Phi) is 3.04. The second-order valence-electron chi connectivity index (χ2n) is 5.77. The van der Waals surface area contributed by atoms with E-state index in [0.717, 1.165) is 30.2 Å². The first-order valence-corrected chi connectivity index (χ1v) is 7.03. The lowest BCUT2D eigenvalue weighted by atomic mass is 9.69. The number of hydrogen-bond donors (Lipinski definition) is 1. The first-order chi connectivity index (χ1) is 9.54. The Labute approximate surface area is 117 Å². The number of nitrogens with zero attached hydrogens (tertiary/aromatic N) is 1. The summed E-state index contributed by atoms with van der Waals surface area (Å²) in [4.78, 5) is 11.8. The Balaban J connectivity index is 2.22. The van der Waals surface area contributed by atoms with Crippen molar-refractivity contribution in [2.75, 3.05) is 0 Å². The monoisotopic (exact) mass is 275 g/mol. The zero-order valence-electron chi connectivity index (χ0n) is 11.5. The Hall–Kier alpha value is -1.84. The third-order valence-corrected chi connectivity index (χ3v) is 4.61. The molecule has 4 heteroatoms. The molecule has 1 fully saturated rings. The molecule has 2 aromatic rings. The minimum atomic E-state index is -1.05. The van der Waals surface area contributed by atoms with Crippen molar-refractivity contribution in [2.24, 2.45) is 7.05 Å². The van der Waals surface area contributed by atoms with Crippen LogP contribution in [0.3, 0.4) is 0 Å². The molecule has 0 saturated heterocycles. The number of hydrogen-bond acceptors (Lipinski definition) is 1. The summed E-state index contributed by atoms with van der Waals surface area (Å²) in [5, 5.41) is 10.5. The molecule has 1 N–H and O–H groups in total. The third-order valence-electron chi connectivity index (χ3n) is 4.61. The van der Waals surface area contributed by atoms with Crippen molar-refractivity contribution in [3.63, 3.8) is 0 Å². The van der Waals surface area contributed by atoms with Gasteiger partial charge in [0.05, 0.1) is 5.41 Å². The molecule has 0 spiro atoms. The van der Waals surface area contributed by atoms with Crippen molar-refractivity contribution in [3.05, 3.63) is 35.8 Å². The molecule has 1 aliphatic rings. The van der Waals surface area contributed by atoms with E-state index < -0.39 is 17.2 Å². The van der Waals surface area contributed by atoms with E-state index in [-0.39, 0.29) is 0 Å². The van der Waals surface area contributed by atoms with Gasteiger partial charge in [0, 0.05) is 29.7 Å². The minimum absolute atomic E-state index is 0.346. The Morgan fingerprint density at radius 2 is 2.00 bits per heavy atom. The van der Waals surface area contributed by atoms with E-state index in [2.05, 4.69) is 0 Å². The lowest BCUT2D eigenvalue weighted by Gasteiger charge is -2.34. The van der Waals surface area contributed by atoms with Gasteiger partial charge in [-0.15, -0.1) is 0 Å². The van der Waals surface area contributed by atoms with Crippen LogP contribution in [-0.2, 0) is 17.3 Å². The van der Waals surface area contributed by atoms with Crippen molar-refractivity contribution in [3.8, 4) is 0 Å². The van der Waals surface area contributed by atoms with Gasteiger partial charge in [0.25, 0.3) is 0 Å². The summed E-state index contributed by atoms with van der Waals surface area (Å²) < 4.78 is 16.3. The highest BCUT2D eigenvalue weighted by molar-refractivity contribution is 5.86. The molecule has 0 bridgehead atoms. The molecule has 1 aliphatic carbocycles. The molecule has 0 atom stereocenters. The Morgan fingerprint density at radius 3 is 2.65 bits per heavy atom. The lowest BCUT2D eigenvalue weighted by Crippen LogP contribution is -2.38. The van der Waals surface area contributed by atoms with Gasteiger partial charge in [-0.05, 0) is 31.0 Å². The van der Waals surface area contributed by atoms with Gasteiger partial charge in [-0.25, -0.2) is 4.39 Å². The molecule has 1 aromatic heterocycles. The maximum Gasteiger partial charge on any atom is 0.314 e. The normalized spacial score (nSPS) is 18.3. The van der Waals surface area contributed by atoms with Gasteiger partial charge in [0.2, 0.25) is 0 Å². The first kappa shape index (κ1) is 13.2. The highest BCUT2D eigenvalue weighted by Gasteiger charge is 2.43. The molecule has 1 saturated carbocycles.